The second-order valence-electron chi connectivity index (χ2n) is 1.06. The Labute approximate surface area is 108 Å². The zero-order valence-electron chi connectivity index (χ0n) is 8.62. The monoisotopic (exact) mass is 291 g/mol. The third kappa shape index (κ3) is 51.5. The summed E-state index contributed by atoms with van der Waals surface area (Å²) in [6.45, 7) is 0. The van der Waals surface area contributed by atoms with Gasteiger partial charge < -0.3 is 49.1 Å². The van der Waals surface area contributed by atoms with E-state index in [1.807, 2.05) is 0 Å². The Bertz CT molecular complexity index is 164. The summed E-state index contributed by atoms with van der Waals surface area (Å²) in [4.78, 5) is 31.0. The van der Waals surface area contributed by atoms with Crippen LogP contribution in [0.2, 0.25) is 0 Å². The Hall–Kier alpha value is 1.06. The van der Waals surface area contributed by atoms with Gasteiger partial charge in [-0.25, -0.2) is 9.13 Å². The molecule has 98 valence electrons. The first-order valence-electron chi connectivity index (χ1n) is 1.53. The van der Waals surface area contributed by atoms with Crippen LogP contribution in [0, 0.1) is 0 Å². The van der Waals surface area contributed by atoms with Gasteiger partial charge in [-0.1, -0.05) is 0 Å². The Balaban J connectivity index is -0.0000000152. The van der Waals surface area contributed by atoms with Crippen LogP contribution in [0.5, 0.6) is 0 Å². The van der Waals surface area contributed by atoms with Gasteiger partial charge in [-0.15, -0.1) is 0 Å². The summed E-state index contributed by atoms with van der Waals surface area (Å²) in [7, 11) is -10.1. The molecule has 0 bridgehead atoms. The van der Waals surface area contributed by atoms with Crippen molar-refractivity contribution in [2.45, 2.75) is 0 Å². The molecule has 0 aromatic heterocycles. The molecule has 0 atom stereocenters. The maximum atomic E-state index is 9.63. The van der Waals surface area contributed by atoms with E-state index in [-0.39, 0.29) is 59.0 Å². The van der Waals surface area contributed by atoms with Gasteiger partial charge in [-0.05, 0) is 0 Å². The number of phosphoric acid groups is 2. The fourth-order valence-electron chi connectivity index (χ4n) is 0.139. The summed E-state index contributed by atoms with van der Waals surface area (Å²) in [5.74, 6) is 0. The van der Waals surface area contributed by atoms with E-state index in [0.717, 1.165) is 0 Å². The van der Waals surface area contributed by atoms with Crippen molar-refractivity contribution in [3.63, 3.8) is 0 Å². The molecule has 0 saturated heterocycles. The summed E-state index contributed by atoms with van der Waals surface area (Å²) < 4.78 is 22.2. The van der Waals surface area contributed by atoms with Gasteiger partial charge in [0, 0.05) is 0 Å². The molecule has 0 amide bonds. The van der Waals surface area contributed by atoms with Crippen LogP contribution in [0.4, 0.5) is 0 Å². The van der Waals surface area contributed by atoms with Gasteiger partial charge in [0.15, 0.2) is 0 Å². The summed E-state index contributed by atoms with van der Waals surface area (Å²) in [6, 6.07) is 0. The largest absolute Gasteiger partial charge is 1.00 e. The number of rotatable bonds is 2. The van der Waals surface area contributed by atoms with E-state index in [1.165, 1.54) is 0 Å². The quantitative estimate of drug-likeness (QED) is 0.240. The predicted octanol–water partition coefficient (Wildman–Crippen LogP) is -6.83. The molecule has 0 aromatic carbocycles. The van der Waals surface area contributed by atoms with Crippen LogP contribution in [0.15, 0.2) is 0 Å². The first-order chi connectivity index (χ1) is 3.71. The van der Waals surface area contributed by atoms with E-state index in [2.05, 4.69) is 4.31 Å². The summed E-state index contributed by atoms with van der Waals surface area (Å²) >= 11 is 0. The van der Waals surface area contributed by atoms with E-state index in [9.17, 15) is 9.13 Å². The van der Waals surface area contributed by atoms with E-state index in [0.29, 0.717) is 0 Å². The van der Waals surface area contributed by atoms with Crippen LogP contribution in [0.3, 0.4) is 0 Å². The summed E-state index contributed by atoms with van der Waals surface area (Å²) in [6.07, 6.45) is 0. The zero-order valence-corrected chi connectivity index (χ0v) is 11.4. The van der Waals surface area contributed by atoms with Crippen molar-refractivity contribution < 1.29 is 85.9 Å². The predicted molar refractivity (Wildman–Crippen MR) is 45.8 cm³/mol. The minimum Gasteiger partial charge on any atom is -1.00 e. The van der Waals surface area contributed by atoms with Crippen LogP contribution < -0.4 is 35.7 Å². The molecule has 0 spiro atoms. The zero-order chi connectivity index (χ0) is 7.71. The maximum Gasteiger partial charge on any atom is 1.00 e. The molecule has 0 aromatic rings. The maximum absolute atomic E-state index is 9.63. The van der Waals surface area contributed by atoms with E-state index >= 15 is 0 Å². The molecule has 0 radical (unpaired) electrons. The van der Waals surface area contributed by atoms with Gasteiger partial charge >= 0.3 is 45.2 Å². The molecule has 15 heavy (non-hydrogen) atoms. The van der Waals surface area contributed by atoms with Crippen LogP contribution in [-0.2, 0) is 13.4 Å². The Morgan fingerprint density at radius 1 is 0.800 bits per heavy atom. The normalized spacial score (nSPS) is 8.27. The minimum atomic E-state index is -5.05. The van der Waals surface area contributed by atoms with Crippen LogP contribution in [-0.4, -0.2) is 41.5 Å². The van der Waals surface area contributed by atoms with Crippen molar-refractivity contribution in [2.24, 2.45) is 0 Å². The van der Waals surface area contributed by atoms with Gasteiger partial charge in [-0.2, -0.15) is 4.31 Å². The molecule has 15 heteroatoms. The first kappa shape index (κ1) is 44.4. The van der Waals surface area contributed by atoms with Gasteiger partial charge in [0.05, 0.1) is 0 Å². The van der Waals surface area contributed by atoms with Crippen molar-refractivity contribution in [3.8, 4) is 0 Å². The third-order valence-corrected chi connectivity index (χ3v) is 1.91. The average Bonchev–Trinajstić information content (AvgIpc) is 1.14. The Morgan fingerprint density at radius 3 is 0.933 bits per heavy atom. The number of hydrogen-bond donors (Lipinski definition) is 5. The molecule has 0 aliphatic heterocycles. The van der Waals surface area contributed by atoms with E-state index in [4.69, 9.17) is 19.6 Å². The molecule has 0 aliphatic carbocycles. The van der Waals surface area contributed by atoms with Crippen LogP contribution in [0.1, 0.15) is 1.43 Å². The molecule has 0 aliphatic rings. The smallest absolute Gasteiger partial charge is 1.00 e. The molecular formula is H16NNaO11P2. The van der Waals surface area contributed by atoms with Gasteiger partial charge in [-0.3, -0.25) is 0 Å². The topological polar surface area (TPSA) is 285 Å². The molecule has 0 unspecified atom stereocenters. The third-order valence-electron chi connectivity index (χ3n) is 0.213. The Kier molecular flexibility index (Phi) is 44.6. The summed E-state index contributed by atoms with van der Waals surface area (Å²) in [5.41, 5.74) is 0. The second kappa shape index (κ2) is 15.1. The van der Waals surface area contributed by atoms with E-state index < -0.39 is 15.6 Å². The minimum absolute atomic E-state index is 0. The Morgan fingerprint density at radius 2 is 0.933 bits per heavy atom. The average molecular weight is 291 g/mol. The summed E-state index contributed by atoms with van der Waals surface area (Å²) in [5, 5.41) is 0. The van der Waals surface area contributed by atoms with Gasteiger partial charge in [0.25, 0.3) is 0 Å². The molecule has 0 saturated carbocycles. The number of hydrogen-bond acceptors (Lipinski definition) is 4. The van der Waals surface area contributed by atoms with Gasteiger partial charge in [0.1, 0.15) is 0 Å². The molecule has 0 rings (SSSR count). The van der Waals surface area contributed by atoms with Gasteiger partial charge in [0.2, 0.25) is 0 Å². The van der Waals surface area contributed by atoms with E-state index in [1.54, 1.807) is 0 Å². The molecule has 15 N–H and O–H groups in total. The fraction of sp³-hybridized carbons (Fsp3) is 0. The SMILES string of the molecule is N.O.O.O.O.O=P(O)(O)OP(=O)(O)O.[H-].[Na+]. The second-order valence-corrected chi connectivity index (χ2v) is 3.68. The van der Waals surface area contributed by atoms with Crippen LogP contribution in [0.25, 0.3) is 0 Å². The van der Waals surface area contributed by atoms with Crippen molar-refractivity contribution >= 4 is 15.6 Å². The fourth-order valence-corrected chi connectivity index (χ4v) is 1.25. The standard InChI is InChI=1S/H3N.Na.H4O7P2.4H2O.H/c;;1-8(2,3)7-9(4,5)6;;;;;/h1H3;;(H2,1,2,3)(H2,4,5,6);4*1H2;/q;+1;;;;;;-1. The molecule has 0 fully saturated rings. The van der Waals surface area contributed by atoms with Crippen molar-refractivity contribution in [2.75, 3.05) is 0 Å². The first-order valence-corrected chi connectivity index (χ1v) is 4.59. The molecule has 0 heterocycles. The van der Waals surface area contributed by atoms with Crippen molar-refractivity contribution in [1.82, 2.24) is 6.15 Å². The van der Waals surface area contributed by atoms with Crippen molar-refractivity contribution in [3.05, 3.63) is 0 Å². The molecule has 12 nitrogen and oxygen atoms in total. The van der Waals surface area contributed by atoms with Crippen LogP contribution >= 0.6 is 15.6 Å². The van der Waals surface area contributed by atoms with Crippen molar-refractivity contribution in [1.29, 1.82) is 0 Å². The molecular weight excluding hydrogens is 275 g/mol.